The molecule has 1 aliphatic heterocycles. The maximum atomic E-state index is 10.6. The van der Waals surface area contributed by atoms with Crippen LogP contribution in [0, 0.1) is 11.3 Å². The van der Waals surface area contributed by atoms with Crippen molar-refractivity contribution in [1.82, 2.24) is 4.90 Å². The van der Waals surface area contributed by atoms with Crippen LogP contribution in [0.2, 0.25) is 0 Å². The van der Waals surface area contributed by atoms with Crippen molar-refractivity contribution in [3.63, 3.8) is 0 Å². The molecule has 1 aliphatic rings. The van der Waals surface area contributed by atoms with E-state index in [9.17, 15) is 10.1 Å². The summed E-state index contributed by atoms with van der Waals surface area (Å²) in [5.74, 6) is -0.774. The van der Waals surface area contributed by atoms with E-state index in [1.54, 1.807) is 0 Å². The molecule has 0 bridgehead atoms. The number of para-hydroxylation sites is 1. The van der Waals surface area contributed by atoms with E-state index in [1.807, 2.05) is 30.3 Å². The van der Waals surface area contributed by atoms with E-state index in [-0.39, 0.29) is 6.42 Å². The van der Waals surface area contributed by atoms with Crippen LogP contribution in [0.3, 0.4) is 0 Å². The molecule has 1 heterocycles. The maximum Gasteiger partial charge on any atom is 0.304 e. The molecule has 0 radical (unpaired) electrons. The van der Waals surface area contributed by atoms with Crippen molar-refractivity contribution in [3.05, 3.63) is 30.3 Å². The van der Waals surface area contributed by atoms with Crippen molar-refractivity contribution in [2.75, 3.05) is 25.0 Å². The molecule has 1 aromatic carbocycles. The summed E-state index contributed by atoms with van der Waals surface area (Å²) in [6.45, 7) is 2.06. The van der Waals surface area contributed by atoms with Gasteiger partial charge < -0.3 is 15.3 Å². The standard InChI is InChI=1S/C15H19N3O2/c16-12-15(17-13-4-2-1-3-5-13)7-10-18(11-8-15)9-6-14(19)20/h1-5,17H,6-11H2,(H,19,20). The van der Waals surface area contributed by atoms with Gasteiger partial charge in [-0.2, -0.15) is 5.26 Å². The fraction of sp³-hybridized carbons (Fsp3) is 0.467. The van der Waals surface area contributed by atoms with Gasteiger partial charge in [-0.3, -0.25) is 4.79 Å². The summed E-state index contributed by atoms with van der Waals surface area (Å²) in [6.07, 6.45) is 1.57. The number of nitriles is 1. The Morgan fingerprint density at radius 1 is 1.35 bits per heavy atom. The number of benzene rings is 1. The molecule has 106 valence electrons. The molecule has 0 spiro atoms. The third-order valence-electron chi connectivity index (χ3n) is 3.72. The normalized spacial score (nSPS) is 18.1. The van der Waals surface area contributed by atoms with Crippen molar-refractivity contribution in [2.24, 2.45) is 0 Å². The molecular weight excluding hydrogens is 254 g/mol. The summed E-state index contributed by atoms with van der Waals surface area (Å²) < 4.78 is 0. The van der Waals surface area contributed by atoms with E-state index in [4.69, 9.17) is 5.11 Å². The predicted molar refractivity (Wildman–Crippen MR) is 76.3 cm³/mol. The Bertz CT molecular complexity index is 488. The van der Waals surface area contributed by atoms with Crippen LogP contribution < -0.4 is 5.32 Å². The van der Waals surface area contributed by atoms with Crippen LogP contribution >= 0.6 is 0 Å². The van der Waals surface area contributed by atoms with Gasteiger partial charge in [-0.1, -0.05) is 18.2 Å². The topological polar surface area (TPSA) is 76.4 Å². The van der Waals surface area contributed by atoms with Gasteiger partial charge in [0.25, 0.3) is 0 Å². The number of hydrogen-bond acceptors (Lipinski definition) is 4. The highest BCUT2D eigenvalue weighted by molar-refractivity contribution is 5.66. The Labute approximate surface area is 118 Å². The number of anilines is 1. The number of hydrogen-bond donors (Lipinski definition) is 2. The van der Waals surface area contributed by atoms with E-state index < -0.39 is 11.5 Å². The Morgan fingerprint density at radius 3 is 2.55 bits per heavy atom. The number of piperidine rings is 1. The molecule has 2 rings (SSSR count). The average Bonchev–Trinajstić information content (AvgIpc) is 2.47. The number of aliphatic carboxylic acids is 1. The maximum absolute atomic E-state index is 10.6. The van der Waals surface area contributed by atoms with Gasteiger partial charge in [-0.05, 0) is 25.0 Å². The number of nitrogens with one attached hydrogen (secondary N) is 1. The minimum absolute atomic E-state index is 0.158. The third-order valence-corrected chi connectivity index (χ3v) is 3.72. The Morgan fingerprint density at radius 2 is 2.00 bits per heavy atom. The molecule has 0 aromatic heterocycles. The van der Waals surface area contributed by atoms with Crippen LogP contribution in [0.5, 0.6) is 0 Å². The van der Waals surface area contributed by atoms with Crippen LogP contribution in [0.1, 0.15) is 19.3 Å². The van der Waals surface area contributed by atoms with Crippen molar-refractivity contribution >= 4 is 11.7 Å². The van der Waals surface area contributed by atoms with E-state index in [0.29, 0.717) is 19.4 Å². The monoisotopic (exact) mass is 273 g/mol. The first-order chi connectivity index (χ1) is 9.63. The minimum Gasteiger partial charge on any atom is -0.481 e. The van der Waals surface area contributed by atoms with Crippen LogP contribution in [0.15, 0.2) is 30.3 Å². The highest BCUT2D eigenvalue weighted by atomic mass is 16.4. The molecule has 0 saturated carbocycles. The molecular formula is C15H19N3O2. The van der Waals surface area contributed by atoms with E-state index in [0.717, 1.165) is 18.8 Å². The number of carbonyl (C=O) groups is 1. The van der Waals surface area contributed by atoms with E-state index in [1.165, 1.54) is 0 Å². The molecule has 0 atom stereocenters. The van der Waals surface area contributed by atoms with Crippen LogP contribution in [0.25, 0.3) is 0 Å². The lowest BCUT2D eigenvalue weighted by atomic mass is 9.88. The first-order valence-electron chi connectivity index (χ1n) is 6.82. The number of nitrogens with zero attached hydrogens (tertiary/aromatic N) is 2. The van der Waals surface area contributed by atoms with Gasteiger partial charge in [0.1, 0.15) is 5.54 Å². The second-order valence-corrected chi connectivity index (χ2v) is 5.17. The molecule has 20 heavy (non-hydrogen) atoms. The summed E-state index contributed by atoms with van der Waals surface area (Å²) in [6, 6.07) is 12.1. The smallest absolute Gasteiger partial charge is 0.304 e. The lowest BCUT2D eigenvalue weighted by Crippen LogP contribution is -2.48. The largest absolute Gasteiger partial charge is 0.481 e. The number of rotatable bonds is 5. The average molecular weight is 273 g/mol. The number of carboxylic acids is 1. The van der Waals surface area contributed by atoms with Gasteiger partial charge in [0.2, 0.25) is 0 Å². The molecule has 5 heteroatoms. The van der Waals surface area contributed by atoms with E-state index >= 15 is 0 Å². The second kappa shape index (κ2) is 6.40. The van der Waals surface area contributed by atoms with Gasteiger partial charge in [-0.15, -0.1) is 0 Å². The van der Waals surface area contributed by atoms with Gasteiger partial charge in [0, 0.05) is 25.3 Å². The van der Waals surface area contributed by atoms with Gasteiger partial charge >= 0.3 is 5.97 Å². The zero-order valence-corrected chi connectivity index (χ0v) is 11.4. The van der Waals surface area contributed by atoms with Crippen molar-refractivity contribution in [2.45, 2.75) is 24.8 Å². The lowest BCUT2D eigenvalue weighted by Gasteiger charge is -2.38. The first-order valence-corrected chi connectivity index (χ1v) is 6.82. The van der Waals surface area contributed by atoms with Crippen molar-refractivity contribution in [1.29, 1.82) is 5.26 Å². The SMILES string of the molecule is N#CC1(Nc2ccccc2)CCN(CCC(=O)O)CC1. The first kappa shape index (κ1) is 14.4. The predicted octanol–water partition coefficient (Wildman–Crippen LogP) is 1.93. The molecule has 0 unspecified atom stereocenters. The molecule has 2 N–H and O–H groups in total. The zero-order chi connectivity index (χ0) is 14.4. The number of carboxylic acid groups (broad SMARTS) is 1. The highest BCUT2D eigenvalue weighted by Crippen LogP contribution is 2.26. The quantitative estimate of drug-likeness (QED) is 0.857. The summed E-state index contributed by atoms with van der Waals surface area (Å²) in [5, 5.41) is 21.5. The van der Waals surface area contributed by atoms with Crippen molar-refractivity contribution in [3.8, 4) is 6.07 Å². The highest BCUT2D eigenvalue weighted by Gasteiger charge is 2.34. The summed E-state index contributed by atoms with van der Waals surface area (Å²) in [5.41, 5.74) is 0.411. The number of likely N-dealkylation sites (tertiary alicyclic amines) is 1. The van der Waals surface area contributed by atoms with Crippen LogP contribution in [-0.2, 0) is 4.79 Å². The Hall–Kier alpha value is -2.06. The molecule has 0 aliphatic carbocycles. The molecule has 5 nitrogen and oxygen atoms in total. The fourth-order valence-corrected chi connectivity index (χ4v) is 2.47. The summed E-state index contributed by atoms with van der Waals surface area (Å²) in [4.78, 5) is 12.7. The third kappa shape index (κ3) is 3.72. The molecule has 1 aromatic rings. The van der Waals surface area contributed by atoms with E-state index in [2.05, 4.69) is 16.3 Å². The lowest BCUT2D eigenvalue weighted by molar-refractivity contribution is -0.137. The Balaban J connectivity index is 1.92. The molecule has 1 saturated heterocycles. The second-order valence-electron chi connectivity index (χ2n) is 5.17. The van der Waals surface area contributed by atoms with Crippen LogP contribution in [0.4, 0.5) is 5.69 Å². The molecule has 1 fully saturated rings. The fourth-order valence-electron chi connectivity index (χ4n) is 2.47. The van der Waals surface area contributed by atoms with Gasteiger partial charge in [0.05, 0.1) is 12.5 Å². The Kier molecular flexibility index (Phi) is 4.59. The molecule has 0 amide bonds. The zero-order valence-electron chi connectivity index (χ0n) is 11.4. The van der Waals surface area contributed by atoms with Crippen molar-refractivity contribution < 1.29 is 9.90 Å². The summed E-state index contributed by atoms with van der Waals surface area (Å²) in [7, 11) is 0. The van der Waals surface area contributed by atoms with Gasteiger partial charge in [0.15, 0.2) is 0 Å². The minimum atomic E-state index is -0.774. The van der Waals surface area contributed by atoms with Gasteiger partial charge in [-0.25, -0.2) is 0 Å². The summed E-state index contributed by atoms with van der Waals surface area (Å²) >= 11 is 0. The van der Waals surface area contributed by atoms with Crippen LogP contribution in [-0.4, -0.2) is 41.1 Å².